The average Bonchev–Trinajstić information content (AvgIpc) is 2.77. The SMILES string of the molecule is CC(NC(=O)Cn1ncc(N[C@@H]2C[C@H](C)C(C)(C)[C@H](C)[C@]2(C)O)c(Cl)c1=O)c1ccnnc1. The van der Waals surface area contributed by atoms with Crippen LogP contribution >= 0.6 is 11.6 Å². The standard InChI is InChI=1S/C23H33ClN6O3/c1-13-9-18(23(6,33)15(3)22(13,4)5)29-17-11-27-30(21(32)20(17)24)12-19(31)28-14(2)16-7-8-25-26-10-16/h7-8,10-11,13-15,18,29,33H,9,12H2,1-6H3,(H,28,31)/t13-,14?,15-,18+,23-/m0/s1. The smallest absolute Gasteiger partial charge is 0.288 e. The summed E-state index contributed by atoms with van der Waals surface area (Å²) in [6, 6.07) is 1.15. The zero-order valence-corrected chi connectivity index (χ0v) is 20.7. The molecule has 1 saturated carbocycles. The van der Waals surface area contributed by atoms with Crippen molar-refractivity contribution in [2.45, 2.75) is 72.2 Å². The van der Waals surface area contributed by atoms with Crippen molar-refractivity contribution in [3.63, 3.8) is 0 Å². The molecule has 2 aromatic rings. The lowest BCUT2D eigenvalue weighted by atomic mass is 9.56. The third kappa shape index (κ3) is 5.04. The van der Waals surface area contributed by atoms with Gasteiger partial charge in [-0.05, 0) is 49.1 Å². The maximum atomic E-state index is 12.8. The van der Waals surface area contributed by atoms with Crippen LogP contribution < -0.4 is 16.2 Å². The first-order chi connectivity index (χ1) is 15.4. The van der Waals surface area contributed by atoms with Crippen LogP contribution in [-0.2, 0) is 11.3 Å². The van der Waals surface area contributed by atoms with E-state index in [9.17, 15) is 14.7 Å². The van der Waals surface area contributed by atoms with Crippen LogP contribution in [0.3, 0.4) is 0 Å². The minimum absolute atomic E-state index is 0.0136. The number of carbonyl (C=O) groups excluding carboxylic acids is 1. The molecule has 1 aliphatic rings. The van der Waals surface area contributed by atoms with Crippen molar-refractivity contribution in [2.75, 3.05) is 5.32 Å². The Morgan fingerprint density at radius 1 is 1.30 bits per heavy atom. The van der Waals surface area contributed by atoms with Crippen molar-refractivity contribution in [1.82, 2.24) is 25.3 Å². The van der Waals surface area contributed by atoms with Crippen molar-refractivity contribution in [2.24, 2.45) is 17.3 Å². The fourth-order valence-corrected chi connectivity index (χ4v) is 4.71. The summed E-state index contributed by atoms with van der Waals surface area (Å²) < 4.78 is 1.02. The summed E-state index contributed by atoms with van der Waals surface area (Å²) >= 11 is 6.36. The lowest BCUT2D eigenvalue weighted by Crippen LogP contribution is -2.60. The van der Waals surface area contributed by atoms with Crippen molar-refractivity contribution in [3.8, 4) is 0 Å². The summed E-state index contributed by atoms with van der Waals surface area (Å²) in [5.74, 6) is -0.0240. The van der Waals surface area contributed by atoms with Crippen LogP contribution in [0, 0.1) is 17.3 Å². The lowest BCUT2D eigenvalue weighted by molar-refractivity contribution is -0.122. The normalized spacial score (nSPS) is 27.6. The summed E-state index contributed by atoms with van der Waals surface area (Å²) in [5, 5.41) is 28.9. The summed E-state index contributed by atoms with van der Waals surface area (Å²) in [6.45, 7) is 11.9. The number of anilines is 1. The van der Waals surface area contributed by atoms with Crippen LogP contribution in [0.15, 0.2) is 29.5 Å². The predicted molar refractivity (Wildman–Crippen MR) is 127 cm³/mol. The van der Waals surface area contributed by atoms with Crippen LogP contribution in [0.5, 0.6) is 0 Å². The number of nitrogens with one attached hydrogen (secondary N) is 2. The van der Waals surface area contributed by atoms with Gasteiger partial charge in [0.1, 0.15) is 11.6 Å². The minimum Gasteiger partial charge on any atom is -0.388 e. The number of nitrogens with zero attached hydrogens (tertiary/aromatic N) is 4. The van der Waals surface area contributed by atoms with Gasteiger partial charge in [0.25, 0.3) is 5.56 Å². The molecule has 180 valence electrons. The summed E-state index contributed by atoms with van der Waals surface area (Å²) in [4.78, 5) is 25.2. The second-order valence-corrected chi connectivity index (χ2v) is 10.3. The molecule has 5 atom stereocenters. The van der Waals surface area contributed by atoms with E-state index in [0.29, 0.717) is 18.0 Å². The van der Waals surface area contributed by atoms with Gasteiger partial charge in [-0.1, -0.05) is 39.3 Å². The van der Waals surface area contributed by atoms with Gasteiger partial charge in [0.05, 0.1) is 35.8 Å². The largest absolute Gasteiger partial charge is 0.388 e. The van der Waals surface area contributed by atoms with E-state index < -0.39 is 11.2 Å². The predicted octanol–water partition coefficient (Wildman–Crippen LogP) is 2.80. The average molecular weight is 477 g/mol. The Bertz CT molecular complexity index is 1060. The van der Waals surface area contributed by atoms with Gasteiger partial charge in [0, 0.05) is 6.20 Å². The first kappa shape index (κ1) is 25.1. The number of amides is 1. The zero-order chi connectivity index (χ0) is 24.6. The summed E-state index contributed by atoms with van der Waals surface area (Å²) in [5.41, 5.74) is -0.482. The topological polar surface area (TPSA) is 122 Å². The Morgan fingerprint density at radius 2 is 2.00 bits per heavy atom. The maximum absolute atomic E-state index is 12.8. The second-order valence-electron chi connectivity index (χ2n) is 9.90. The van der Waals surface area contributed by atoms with E-state index in [1.165, 1.54) is 6.20 Å². The monoisotopic (exact) mass is 476 g/mol. The highest BCUT2D eigenvalue weighted by Crippen LogP contribution is 2.50. The molecule has 0 radical (unpaired) electrons. The summed E-state index contributed by atoms with van der Waals surface area (Å²) in [7, 11) is 0. The van der Waals surface area contributed by atoms with E-state index in [1.54, 1.807) is 18.5 Å². The molecule has 2 heterocycles. The molecule has 0 aromatic carbocycles. The molecular weight excluding hydrogens is 444 g/mol. The fourth-order valence-electron chi connectivity index (χ4n) is 4.51. The molecule has 1 unspecified atom stereocenters. The number of rotatable bonds is 6. The number of halogens is 1. The first-order valence-corrected chi connectivity index (χ1v) is 11.5. The molecule has 0 bridgehead atoms. The molecule has 0 spiro atoms. The first-order valence-electron chi connectivity index (χ1n) is 11.2. The molecule has 1 aliphatic carbocycles. The van der Waals surface area contributed by atoms with Crippen molar-refractivity contribution in [3.05, 3.63) is 45.6 Å². The third-order valence-corrected chi connectivity index (χ3v) is 8.02. The minimum atomic E-state index is -1.01. The Kier molecular flexibility index (Phi) is 7.14. The van der Waals surface area contributed by atoms with Gasteiger partial charge in [-0.3, -0.25) is 9.59 Å². The number of aromatic nitrogens is 4. The molecule has 0 saturated heterocycles. The van der Waals surface area contributed by atoms with Gasteiger partial charge in [-0.2, -0.15) is 15.3 Å². The molecule has 1 fully saturated rings. The highest BCUT2D eigenvalue weighted by molar-refractivity contribution is 6.32. The molecule has 10 heteroatoms. The molecular formula is C23H33ClN6O3. The van der Waals surface area contributed by atoms with Gasteiger partial charge in [-0.25, -0.2) is 4.68 Å². The van der Waals surface area contributed by atoms with E-state index in [2.05, 4.69) is 46.7 Å². The van der Waals surface area contributed by atoms with Crippen LogP contribution in [-0.4, -0.2) is 42.6 Å². The zero-order valence-electron chi connectivity index (χ0n) is 20.0. The molecule has 33 heavy (non-hydrogen) atoms. The van der Waals surface area contributed by atoms with Crippen LogP contribution in [0.25, 0.3) is 0 Å². The van der Waals surface area contributed by atoms with E-state index in [4.69, 9.17) is 11.6 Å². The molecule has 9 nitrogen and oxygen atoms in total. The highest BCUT2D eigenvalue weighted by atomic mass is 35.5. The maximum Gasteiger partial charge on any atom is 0.288 e. The molecule has 3 N–H and O–H groups in total. The van der Waals surface area contributed by atoms with E-state index >= 15 is 0 Å². The second kappa shape index (κ2) is 9.38. The van der Waals surface area contributed by atoms with E-state index in [-0.39, 0.29) is 40.9 Å². The van der Waals surface area contributed by atoms with Gasteiger partial charge in [0.15, 0.2) is 0 Å². The number of hydrogen-bond donors (Lipinski definition) is 3. The molecule has 3 rings (SSSR count). The highest BCUT2D eigenvalue weighted by Gasteiger charge is 2.52. The fraction of sp³-hybridized carbons (Fsp3) is 0.609. The van der Waals surface area contributed by atoms with E-state index in [1.807, 2.05) is 20.8 Å². The van der Waals surface area contributed by atoms with Crippen molar-refractivity contribution < 1.29 is 9.90 Å². The molecule has 1 amide bonds. The van der Waals surface area contributed by atoms with Crippen molar-refractivity contribution >= 4 is 23.2 Å². The van der Waals surface area contributed by atoms with Crippen LogP contribution in [0.2, 0.25) is 5.02 Å². The van der Waals surface area contributed by atoms with E-state index in [0.717, 1.165) is 10.2 Å². The number of hydrogen-bond acceptors (Lipinski definition) is 7. The summed E-state index contributed by atoms with van der Waals surface area (Å²) in [6.07, 6.45) is 5.25. The Labute approximate surface area is 199 Å². The molecule has 2 aromatic heterocycles. The Hall–Kier alpha value is -2.52. The van der Waals surface area contributed by atoms with Crippen LogP contribution in [0.1, 0.15) is 59.6 Å². The van der Waals surface area contributed by atoms with Gasteiger partial charge < -0.3 is 15.7 Å². The Morgan fingerprint density at radius 3 is 2.64 bits per heavy atom. The quantitative estimate of drug-likeness (QED) is 0.585. The van der Waals surface area contributed by atoms with Gasteiger partial charge in [-0.15, -0.1) is 0 Å². The lowest BCUT2D eigenvalue weighted by Gasteiger charge is -2.54. The van der Waals surface area contributed by atoms with Crippen LogP contribution in [0.4, 0.5) is 5.69 Å². The molecule has 0 aliphatic heterocycles. The third-order valence-electron chi connectivity index (χ3n) is 7.65. The van der Waals surface area contributed by atoms with Crippen molar-refractivity contribution in [1.29, 1.82) is 0 Å². The number of carbonyl (C=O) groups is 1. The van der Waals surface area contributed by atoms with Gasteiger partial charge >= 0.3 is 0 Å². The number of aliphatic hydroxyl groups is 1. The van der Waals surface area contributed by atoms with Gasteiger partial charge in [0.2, 0.25) is 5.91 Å². The Balaban J connectivity index is 1.73.